The molecule has 2 aromatic heterocycles. The van der Waals surface area contributed by atoms with Gasteiger partial charge in [-0.1, -0.05) is 30.3 Å². The van der Waals surface area contributed by atoms with Crippen molar-refractivity contribution in [3.05, 3.63) is 112 Å². The number of thiophene rings is 1. The molecule has 2 aromatic carbocycles. The topological polar surface area (TPSA) is 106 Å². The van der Waals surface area contributed by atoms with Crippen molar-refractivity contribution in [3.63, 3.8) is 0 Å². The Hall–Kier alpha value is -4.24. The van der Waals surface area contributed by atoms with E-state index < -0.39 is 41.7 Å². The van der Waals surface area contributed by atoms with Crippen LogP contribution in [0.5, 0.6) is 0 Å². The van der Waals surface area contributed by atoms with E-state index in [9.17, 15) is 18.8 Å². The quantitative estimate of drug-likeness (QED) is 0.306. The Balaban J connectivity index is 1.70. The molecule has 0 saturated carbocycles. The SMILES string of the molecule is Cc1ccc(C(=O)C2C(c3sccc3C)C(C(N)=O)N(C(=O)Nc3ccc(F)cc3)C2c2ccccc2)o1. The lowest BCUT2D eigenvalue weighted by atomic mass is 9.79. The van der Waals surface area contributed by atoms with Crippen molar-refractivity contribution in [1.82, 2.24) is 4.90 Å². The maximum absolute atomic E-state index is 14.2. The van der Waals surface area contributed by atoms with Crippen LogP contribution in [0.3, 0.4) is 0 Å². The Labute approximate surface area is 223 Å². The van der Waals surface area contributed by atoms with Crippen molar-refractivity contribution in [1.29, 1.82) is 0 Å². The maximum Gasteiger partial charge on any atom is 0.323 e. The van der Waals surface area contributed by atoms with Gasteiger partial charge in [0.15, 0.2) is 5.76 Å². The van der Waals surface area contributed by atoms with Gasteiger partial charge in [0.2, 0.25) is 11.7 Å². The second-order valence-electron chi connectivity index (χ2n) is 9.34. The molecule has 0 spiro atoms. The number of carbonyl (C=O) groups is 3. The lowest BCUT2D eigenvalue weighted by molar-refractivity contribution is -0.122. The summed E-state index contributed by atoms with van der Waals surface area (Å²) in [7, 11) is 0. The molecule has 5 rings (SSSR count). The first-order valence-corrected chi connectivity index (χ1v) is 13.0. The van der Waals surface area contributed by atoms with E-state index in [1.807, 2.05) is 48.7 Å². The van der Waals surface area contributed by atoms with Gasteiger partial charge in [-0.25, -0.2) is 9.18 Å². The predicted octanol–water partition coefficient (Wildman–Crippen LogP) is 5.82. The monoisotopic (exact) mass is 531 g/mol. The largest absolute Gasteiger partial charge is 0.458 e. The molecule has 1 aliphatic heterocycles. The fourth-order valence-electron chi connectivity index (χ4n) is 5.29. The molecule has 1 fully saturated rings. The number of likely N-dealkylation sites (tertiary alicyclic amines) is 1. The highest BCUT2D eigenvalue weighted by Gasteiger charge is 2.58. The summed E-state index contributed by atoms with van der Waals surface area (Å²) in [5.41, 5.74) is 7.90. The van der Waals surface area contributed by atoms with Crippen molar-refractivity contribution in [2.45, 2.75) is 31.8 Å². The number of primary amides is 1. The van der Waals surface area contributed by atoms with E-state index >= 15 is 0 Å². The molecular weight excluding hydrogens is 505 g/mol. The smallest absolute Gasteiger partial charge is 0.323 e. The van der Waals surface area contributed by atoms with Crippen molar-refractivity contribution in [3.8, 4) is 0 Å². The number of halogens is 1. The lowest BCUT2D eigenvalue weighted by Gasteiger charge is -2.30. The van der Waals surface area contributed by atoms with E-state index in [0.29, 0.717) is 17.0 Å². The maximum atomic E-state index is 14.2. The average Bonchev–Trinajstić information content (AvgIpc) is 3.62. The molecule has 0 bridgehead atoms. The number of amides is 3. The van der Waals surface area contributed by atoms with Crippen LogP contribution in [0.1, 0.15) is 44.3 Å². The van der Waals surface area contributed by atoms with Gasteiger partial charge in [-0.3, -0.25) is 9.59 Å². The van der Waals surface area contributed by atoms with Crippen molar-refractivity contribution in [2.24, 2.45) is 11.7 Å². The third-order valence-electron chi connectivity index (χ3n) is 6.92. The molecule has 3 amide bonds. The number of Topliss-reactive ketones (excluding diaryl/α,β-unsaturated/α-hetero) is 1. The van der Waals surface area contributed by atoms with E-state index in [1.165, 1.54) is 40.5 Å². The minimum atomic E-state index is -1.14. The minimum absolute atomic E-state index is 0.150. The zero-order valence-corrected chi connectivity index (χ0v) is 21.6. The molecule has 1 saturated heterocycles. The first kappa shape index (κ1) is 25.4. The van der Waals surface area contributed by atoms with Crippen LogP contribution >= 0.6 is 11.3 Å². The molecule has 38 heavy (non-hydrogen) atoms. The summed E-state index contributed by atoms with van der Waals surface area (Å²) in [6, 6.07) is 17.0. The Kier molecular flexibility index (Phi) is 6.86. The first-order valence-electron chi connectivity index (χ1n) is 12.1. The summed E-state index contributed by atoms with van der Waals surface area (Å²) >= 11 is 1.42. The fourth-order valence-corrected chi connectivity index (χ4v) is 6.39. The van der Waals surface area contributed by atoms with Crippen molar-refractivity contribution in [2.75, 3.05) is 5.32 Å². The highest BCUT2D eigenvalue weighted by Crippen LogP contribution is 2.53. The molecule has 4 aromatic rings. The molecular formula is C29H26FN3O4S. The van der Waals surface area contributed by atoms with Gasteiger partial charge in [0.05, 0.1) is 12.0 Å². The van der Waals surface area contributed by atoms with E-state index in [1.54, 1.807) is 19.1 Å². The van der Waals surface area contributed by atoms with Gasteiger partial charge in [-0.2, -0.15) is 0 Å². The number of aryl methyl sites for hydroxylation is 2. The number of hydrogen-bond acceptors (Lipinski definition) is 5. The van der Waals surface area contributed by atoms with Crippen LogP contribution in [0.25, 0.3) is 0 Å². The van der Waals surface area contributed by atoms with Gasteiger partial charge < -0.3 is 20.4 Å². The zero-order valence-electron chi connectivity index (χ0n) is 20.8. The molecule has 0 radical (unpaired) electrons. The number of carbonyl (C=O) groups excluding carboxylic acids is 3. The van der Waals surface area contributed by atoms with E-state index in [0.717, 1.165) is 10.4 Å². The van der Waals surface area contributed by atoms with Crippen LogP contribution in [0, 0.1) is 25.6 Å². The van der Waals surface area contributed by atoms with Crippen LogP contribution in [0.4, 0.5) is 14.9 Å². The third-order valence-corrected chi connectivity index (χ3v) is 8.04. The van der Waals surface area contributed by atoms with Crippen LogP contribution in [-0.2, 0) is 4.79 Å². The number of benzene rings is 2. The second kappa shape index (κ2) is 10.3. The van der Waals surface area contributed by atoms with Crippen LogP contribution in [-0.4, -0.2) is 28.7 Å². The van der Waals surface area contributed by atoms with Gasteiger partial charge >= 0.3 is 6.03 Å². The first-order chi connectivity index (χ1) is 18.3. The lowest BCUT2D eigenvalue weighted by Crippen LogP contribution is -2.48. The molecule has 3 heterocycles. The van der Waals surface area contributed by atoms with E-state index in [4.69, 9.17) is 10.2 Å². The van der Waals surface area contributed by atoms with Gasteiger partial charge in [-0.15, -0.1) is 11.3 Å². The van der Waals surface area contributed by atoms with Gasteiger partial charge in [0.1, 0.15) is 17.6 Å². The number of anilines is 1. The van der Waals surface area contributed by atoms with Gasteiger partial charge in [0, 0.05) is 16.5 Å². The Morgan fingerprint density at radius 2 is 1.68 bits per heavy atom. The van der Waals surface area contributed by atoms with Crippen LogP contribution in [0.15, 0.2) is 82.6 Å². The molecule has 9 heteroatoms. The number of nitrogens with zero attached hydrogens (tertiary/aromatic N) is 1. The van der Waals surface area contributed by atoms with Crippen molar-refractivity contribution < 1.29 is 23.2 Å². The summed E-state index contributed by atoms with van der Waals surface area (Å²) in [6.07, 6.45) is 0. The highest BCUT2D eigenvalue weighted by molar-refractivity contribution is 7.10. The number of rotatable bonds is 6. The standard InChI is InChI=1S/C29H26FN3O4S/c1-16-14-15-38-27(16)23-22(26(34)21-13-8-17(2)37-21)24(18-6-4-3-5-7-18)33(25(23)28(31)35)29(36)32-20-11-9-19(30)10-12-20/h3-15,22-25H,1-2H3,(H2,31,35)(H,32,36). The third kappa shape index (κ3) is 4.61. The van der Waals surface area contributed by atoms with Gasteiger partial charge in [0.25, 0.3) is 0 Å². The second-order valence-corrected chi connectivity index (χ2v) is 10.3. The summed E-state index contributed by atoms with van der Waals surface area (Å²) in [5, 5.41) is 4.65. The van der Waals surface area contributed by atoms with Crippen LogP contribution < -0.4 is 11.1 Å². The Morgan fingerprint density at radius 3 is 2.26 bits per heavy atom. The minimum Gasteiger partial charge on any atom is -0.458 e. The summed E-state index contributed by atoms with van der Waals surface area (Å²) < 4.78 is 19.2. The molecule has 4 atom stereocenters. The number of furan rings is 1. The molecule has 0 aliphatic carbocycles. The summed E-state index contributed by atoms with van der Waals surface area (Å²) in [6.45, 7) is 3.65. The number of urea groups is 1. The zero-order chi connectivity index (χ0) is 27.0. The number of hydrogen-bond donors (Lipinski definition) is 2. The normalized spacial score (nSPS) is 20.9. The Bertz CT molecular complexity index is 1480. The highest BCUT2D eigenvalue weighted by atomic mass is 32.1. The van der Waals surface area contributed by atoms with Crippen LogP contribution in [0.2, 0.25) is 0 Å². The summed E-state index contributed by atoms with van der Waals surface area (Å²) in [4.78, 5) is 43.3. The molecule has 3 N–H and O–H groups in total. The Morgan fingerprint density at radius 1 is 0.974 bits per heavy atom. The average molecular weight is 532 g/mol. The number of nitrogens with two attached hydrogens (primary N) is 1. The van der Waals surface area contributed by atoms with E-state index in [2.05, 4.69) is 5.32 Å². The molecule has 194 valence electrons. The van der Waals surface area contributed by atoms with Crippen molar-refractivity contribution >= 4 is 34.7 Å². The molecule has 1 aliphatic rings. The summed E-state index contributed by atoms with van der Waals surface area (Å²) in [5.74, 6) is -2.36. The van der Waals surface area contributed by atoms with Gasteiger partial charge in [-0.05, 0) is 72.8 Å². The molecule has 4 unspecified atom stereocenters. The number of nitrogens with one attached hydrogen (secondary N) is 1. The fraction of sp³-hybridized carbons (Fsp3) is 0.207. The number of ketones is 1. The molecule has 7 nitrogen and oxygen atoms in total. The predicted molar refractivity (Wildman–Crippen MR) is 142 cm³/mol. The van der Waals surface area contributed by atoms with E-state index in [-0.39, 0.29) is 11.5 Å².